The number of nitrogens with zero attached hydrogens (tertiary/aromatic N) is 4. The minimum atomic E-state index is -0.188. The van der Waals surface area contributed by atoms with Crippen LogP contribution in [-0.2, 0) is 4.79 Å². The van der Waals surface area contributed by atoms with Gasteiger partial charge in [-0.1, -0.05) is 18.7 Å². The molecule has 1 spiro atoms. The molecular formula is C28H27N5O3S. The Kier molecular flexibility index (Phi) is 5.79. The summed E-state index contributed by atoms with van der Waals surface area (Å²) >= 11 is 1.42. The number of aromatic nitrogens is 3. The van der Waals surface area contributed by atoms with Gasteiger partial charge in [-0.2, -0.15) is 0 Å². The number of hydrogen-bond acceptors (Lipinski definition) is 6. The number of likely N-dealkylation sites (tertiary alicyclic amines) is 1. The maximum Gasteiger partial charge on any atom is 0.268 e. The number of rotatable bonds is 6. The molecule has 8 nitrogen and oxygen atoms in total. The Labute approximate surface area is 218 Å². The number of hydrogen-bond donors (Lipinski definition) is 1. The van der Waals surface area contributed by atoms with E-state index in [0.29, 0.717) is 16.7 Å². The van der Waals surface area contributed by atoms with Gasteiger partial charge in [0.15, 0.2) is 0 Å². The van der Waals surface area contributed by atoms with Gasteiger partial charge in [0, 0.05) is 36.3 Å². The number of carbonyl (C=O) groups is 2. The second kappa shape index (κ2) is 9.15. The van der Waals surface area contributed by atoms with E-state index < -0.39 is 0 Å². The number of fused-ring (bicyclic) bond motifs is 1. The Morgan fingerprint density at radius 2 is 2.05 bits per heavy atom. The zero-order chi connectivity index (χ0) is 25.6. The van der Waals surface area contributed by atoms with Crippen LogP contribution in [0.25, 0.3) is 21.5 Å². The lowest BCUT2D eigenvalue weighted by Gasteiger charge is -2.46. The van der Waals surface area contributed by atoms with Crippen molar-refractivity contribution in [3.8, 4) is 16.3 Å². The molecule has 2 amide bonds. The summed E-state index contributed by atoms with van der Waals surface area (Å²) in [7, 11) is 1.58. The van der Waals surface area contributed by atoms with Crippen LogP contribution in [0.5, 0.6) is 5.88 Å². The topological polar surface area (TPSA) is 89.4 Å². The number of imidazole rings is 1. The quantitative estimate of drug-likeness (QED) is 0.360. The van der Waals surface area contributed by atoms with E-state index in [-0.39, 0.29) is 23.3 Å². The van der Waals surface area contributed by atoms with Gasteiger partial charge < -0.3 is 14.2 Å². The number of ether oxygens (including phenoxy) is 1. The summed E-state index contributed by atoms with van der Waals surface area (Å²) in [5, 5.41) is 3.08. The van der Waals surface area contributed by atoms with Crippen LogP contribution in [0.3, 0.4) is 0 Å². The van der Waals surface area contributed by atoms with Crippen molar-refractivity contribution < 1.29 is 14.3 Å². The maximum absolute atomic E-state index is 13.3. The lowest BCUT2D eigenvalue weighted by atomic mass is 9.65. The molecule has 1 aliphatic heterocycles. The average Bonchev–Trinajstić information content (AvgIpc) is 3.64. The van der Waals surface area contributed by atoms with E-state index in [1.54, 1.807) is 13.3 Å². The first-order valence-corrected chi connectivity index (χ1v) is 13.1. The minimum Gasteiger partial charge on any atom is -0.481 e. The van der Waals surface area contributed by atoms with E-state index in [9.17, 15) is 9.59 Å². The average molecular weight is 514 g/mol. The molecule has 0 bridgehead atoms. The molecule has 188 valence electrons. The molecule has 2 aliphatic rings. The second-order valence-corrected chi connectivity index (χ2v) is 10.9. The zero-order valence-electron chi connectivity index (χ0n) is 20.5. The molecule has 1 aliphatic carbocycles. The maximum atomic E-state index is 13.3. The molecule has 4 heterocycles. The monoisotopic (exact) mass is 513 g/mol. The number of amides is 2. The van der Waals surface area contributed by atoms with Crippen LogP contribution in [0.4, 0.5) is 5.95 Å². The lowest BCUT2D eigenvalue weighted by molar-refractivity contribution is -0.125. The van der Waals surface area contributed by atoms with Gasteiger partial charge in [0.2, 0.25) is 17.7 Å². The predicted molar refractivity (Wildman–Crippen MR) is 144 cm³/mol. The summed E-state index contributed by atoms with van der Waals surface area (Å²) in [4.78, 5) is 37.8. The molecule has 1 saturated heterocycles. The molecule has 4 aromatic rings. The Bertz CT molecular complexity index is 1520. The first-order valence-electron chi connectivity index (χ1n) is 12.3. The normalized spacial score (nSPS) is 20.7. The highest BCUT2D eigenvalue weighted by molar-refractivity contribution is 7.17. The van der Waals surface area contributed by atoms with Crippen molar-refractivity contribution in [2.75, 3.05) is 25.5 Å². The fourth-order valence-electron chi connectivity index (χ4n) is 5.66. The van der Waals surface area contributed by atoms with Gasteiger partial charge in [-0.3, -0.25) is 14.9 Å². The van der Waals surface area contributed by atoms with E-state index in [2.05, 4.69) is 21.4 Å². The summed E-state index contributed by atoms with van der Waals surface area (Å²) in [6.45, 7) is 5.16. The van der Waals surface area contributed by atoms with Crippen LogP contribution in [0, 0.1) is 5.41 Å². The van der Waals surface area contributed by atoms with Gasteiger partial charge in [-0.15, -0.1) is 11.3 Å². The molecule has 9 heteroatoms. The number of benzene rings is 1. The van der Waals surface area contributed by atoms with Crippen molar-refractivity contribution in [1.29, 1.82) is 0 Å². The molecule has 37 heavy (non-hydrogen) atoms. The van der Waals surface area contributed by atoms with Crippen molar-refractivity contribution in [2.24, 2.45) is 5.41 Å². The molecule has 6 rings (SSSR count). The van der Waals surface area contributed by atoms with Crippen LogP contribution < -0.4 is 10.1 Å². The molecule has 1 saturated carbocycles. The number of thiophene rings is 1. The summed E-state index contributed by atoms with van der Waals surface area (Å²) < 4.78 is 7.39. The third-order valence-electron chi connectivity index (χ3n) is 7.51. The van der Waals surface area contributed by atoms with Gasteiger partial charge >= 0.3 is 0 Å². The van der Waals surface area contributed by atoms with Crippen molar-refractivity contribution in [2.45, 2.75) is 25.3 Å². The summed E-state index contributed by atoms with van der Waals surface area (Å²) in [6, 6.07) is 15.7. The number of methoxy groups -OCH3 is 1. The highest BCUT2D eigenvalue weighted by Crippen LogP contribution is 2.55. The van der Waals surface area contributed by atoms with Gasteiger partial charge in [-0.05, 0) is 66.6 Å². The van der Waals surface area contributed by atoms with E-state index in [1.165, 1.54) is 17.4 Å². The van der Waals surface area contributed by atoms with E-state index in [4.69, 9.17) is 9.72 Å². The minimum absolute atomic E-state index is 0.00175. The van der Waals surface area contributed by atoms with Gasteiger partial charge in [0.1, 0.15) is 0 Å². The molecule has 0 unspecified atom stereocenters. The van der Waals surface area contributed by atoms with Gasteiger partial charge in [-0.25, -0.2) is 9.97 Å². The molecule has 1 N–H and O–H groups in total. The summed E-state index contributed by atoms with van der Waals surface area (Å²) in [5.74, 6) is 0.903. The molecule has 0 atom stereocenters. The first-order chi connectivity index (χ1) is 18.0. The van der Waals surface area contributed by atoms with E-state index in [1.807, 2.05) is 53.4 Å². The molecule has 2 fully saturated rings. The highest BCUT2D eigenvalue weighted by atomic mass is 32.1. The fraction of sp³-hybridized carbons (Fsp3) is 0.286. The van der Waals surface area contributed by atoms with Crippen LogP contribution in [0.1, 0.15) is 35.0 Å². The lowest BCUT2D eigenvalue weighted by Crippen LogP contribution is -2.42. The second-order valence-electron chi connectivity index (χ2n) is 9.78. The van der Waals surface area contributed by atoms with E-state index >= 15 is 0 Å². The standard InChI is InChI=1S/C28H27N5O3S/c1-3-25(34)32-13-11-28(17-32)15-19(16-28)33-21-7-5-4-6-20(21)30-27(33)31-26(35)23-9-8-22(37-23)18-10-12-29-24(14-18)36-2/h3-10,12,14,19H,1,11,13,15-17H2,2H3,(H,30,31,35)/t19-,28-. The summed E-state index contributed by atoms with van der Waals surface area (Å²) in [5.41, 5.74) is 2.93. The van der Waals surface area contributed by atoms with Gasteiger partial charge in [0.25, 0.3) is 5.91 Å². The SMILES string of the molecule is C=CC(=O)N1CC[C@]2(C1)C[C@H](n1c(NC(=O)c3ccc(-c4ccnc(OC)c4)s3)nc3ccccc31)C2. The number of anilines is 1. The van der Waals surface area contributed by atoms with Crippen LogP contribution in [0.15, 0.2) is 67.4 Å². The van der Waals surface area contributed by atoms with Crippen LogP contribution in [0.2, 0.25) is 0 Å². The Morgan fingerprint density at radius 3 is 2.86 bits per heavy atom. The van der Waals surface area contributed by atoms with Crippen LogP contribution >= 0.6 is 11.3 Å². The van der Waals surface area contributed by atoms with Crippen molar-refractivity contribution >= 4 is 40.1 Å². The predicted octanol–water partition coefficient (Wildman–Crippen LogP) is 5.16. The van der Waals surface area contributed by atoms with Crippen molar-refractivity contribution in [3.05, 3.63) is 72.3 Å². The molecular weight excluding hydrogens is 486 g/mol. The molecule has 1 aromatic carbocycles. The van der Waals surface area contributed by atoms with Crippen molar-refractivity contribution in [3.63, 3.8) is 0 Å². The number of carbonyl (C=O) groups excluding carboxylic acids is 2. The van der Waals surface area contributed by atoms with Gasteiger partial charge in [0.05, 0.1) is 23.0 Å². The molecule has 0 radical (unpaired) electrons. The van der Waals surface area contributed by atoms with E-state index in [0.717, 1.165) is 53.8 Å². The largest absolute Gasteiger partial charge is 0.481 e. The Morgan fingerprint density at radius 1 is 1.22 bits per heavy atom. The first kappa shape index (κ1) is 23.4. The zero-order valence-corrected chi connectivity index (χ0v) is 21.3. The molecule has 3 aromatic heterocycles. The number of pyridine rings is 1. The fourth-order valence-corrected chi connectivity index (χ4v) is 6.56. The Hall–Kier alpha value is -3.98. The third-order valence-corrected chi connectivity index (χ3v) is 8.64. The highest BCUT2D eigenvalue weighted by Gasteiger charge is 2.50. The van der Waals surface area contributed by atoms with Crippen molar-refractivity contribution in [1.82, 2.24) is 19.4 Å². The smallest absolute Gasteiger partial charge is 0.268 e. The number of para-hydroxylation sites is 2. The van der Waals surface area contributed by atoms with Crippen LogP contribution in [-0.4, -0.2) is 51.4 Å². The Balaban J connectivity index is 1.23. The summed E-state index contributed by atoms with van der Waals surface area (Å²) in [6.07, 6.45) is 5.98. The third kappa shape index (κ3) is 4.19. The number of nitrogens with one attached hydrogen (secondary N) is 1.